The van der Waals surface area contributed by atoms with E-state index in [9.17, 15) is 0 Å². The molecule has 0 fully saturated rings. The van der Waals surface area contributed by atoms with Gasteiger partial charge in [0.15, 0.2) is 0 Å². The Kier molecular flexibility index (Phi) is 3.19. The van der Waals surface area contributed by atoms with E-state index in [1.165, 1.54) is 0 Å². The molecule has 0 aliphatic heterocycles. The van der Waals surface area contributed by atoms with Crippen molar-refractivity contribution < 1.29 is 9.84 Å². The molecular formula is C9H13NO2. The highest BCUT2D eigenvalue weighted by molar-refractivity contribution is 5.14. The Balaban J connectivity index is 2.71. The molecule has 1 atom stereocenters. The molecule has 0 saturated heterocycles. The van der Waals surface area contributed by atoms with Crippen LogP contribution in [0.3, 0.4) is 0 Å². The lowest BCUT2D eigenvalue weighted by molar-refractivity contribution is 0.183. The highest BCUT2D eigenvalue weighted by Crippen LogP contribution is 2.09. The molecule has 0 aliphatic carbocycles. The van der Waals surface area contributed by atoms with Gasteiger partial charge in [0.2, 0.25) is 0 Å². The van der Waals surface area contributed by atoms with Crippen LogP contribution in [-0.2, 0) is 11.3 Å². The molecule has 3 nitrogen and oxygen atoms in total. The maximum Gasteiger partial charge on any atom is 0.0931 e. The number of ether oxygens (including phenoxy) is 1. The molecule has 1 unspecified atom stereocenters. The van der Waals surface area contributed by atoms with Gasteiger partial charge in [0.05, 0.1) is 18.4 Å². The Morgan fingerprint density at radius 2 is 2.33 bits per heavy atom. The van der Waals surface area contributed by atoms with Crippen LogP contribution in [-0.4, -0.2) is 17.2 Å². The zero-order chi connectivity index (χ0) is 8.97. The number of aliphatic hydroxyl groups excluding tert-OH is 1. The first kappa shape index (κ1) is 9.16. The predicted molar refractivity (Wildman–Crippen MR) is 45.6 cm³/mol. The van der Waals surface area contributed by atoms with Gasteiger partial charge in [-0.05, 0) is 18.6 Å². The third kappa shape index (κ3) is 2.29. The summed E-state index contributed by atoms with van der Waals surface area (Å²) >= 11 is 0. The highest BCUT2D eigenvalue weighted by atomic mass is 16.5. The van der Waals surface area contributed by atoms with E-state index in [1.54, 1.807) is 26.3 Å². The van der Waals surface area contributed by atoms with Crippen LogP contribution in [0.2, 0.25) is 0 Å². The predicted octanol–water partition coefficient (Wildman–Crippen LogP) is 1.28. The van der Waals surface area contributed by atoms with Crippen LogP contribution in [0.15, 0.2) is 18.3 Å². The summed E-state index contributed by atoms with van der Waals surface area (Å²) in [5.41, 5.74) is 1.71. The third-order valence-electron chi connectivity index (χ3n) is 1.59. The molecule has 66 valence electrons. The molecule has 0 amide bonds. The van der Waals surface area contributed by atoms with Crippen LogP contribution < -0.4 is 0 Å². The summed E-state index contributed by atoms with van der Waals surface area (Å²) < 4.78 is 4.93. The van der Waals surface area contributed by atoms with Crippen molar-refractivity contribution >= 4 is 0 Å². The van der Waals surface area contributed by atoms with Gasteiger partial charge >= 0.3 is 0 Å². The molecule has 0 radical (unpaired) electrons. The van der Waals surface area contributed by atoms with Crippen LogP contribution in [0, 0.1) is 0 Å². The second kappa shape index (κ2) is 4.18. The third-order valence-corrected chi connectivity index (χ3v) is 1.59. The van der Waals surface area contributed by atoms with E-state index in [-0.39, 0.29) is 0 Å². The van der Waals surface area contributed by atoms with E-state index in [2.05, 4.69) is 4.98 Å². The van der Waals surface area contributed by atoms with Crippen LogP contribution in [0.5, 0.6) is 0 Å². The monoisotopic (exact) mass is 167 g/mol. The largest absolute Gasteiger partial charge is 0.387 e. The van der Waals surface area contributed by atoms with E-state index in [1.807, 2.05) is 6.07 Å². The topological polar surface area (TPSA) is 42.4 Å². The van der Waals surface area contributed by atoms with Gasteiger partial charge in [-0.1, -0.05) is 6.07 Å². The summed E-state index contributed by atoms with van der Waals surface area (Å²) in [5.74, 6) is 0. The minimum Gasteiger partial charge on any atom is -0.387 e. The maximum absolute atomic E-state index is 9.15. The molecule has 0 aliphatic rings. The molecule has 1 aromatic heterocycles. The first-order valence-electron chi connectivity index (χ1n) is 3.86. The van der Waals surface area contributed by atoms with Crippen molar-refractivity contribution in [1.82, 2.24) is 4.98 Å². The molecule has 0 saturated carbocycles. The van der Waals surface area contributed by atoms with Crippen molar-refractivity contribution in [3.63, 3.8) is 0 Å². The Hall–Kier alpha value is -0.930. The average Bonchev–Trinajstić information content (AvgIpc) is 2.06. The lowest BCUT2D eigenvalue weighted by atomic mass is 10.2. The van der Waals surface area contributed by atoms with Gasteiger partial charge in [0, 0.05) is 13.3 Å². The fraction of sp³-hybridized carbons (Fsp3) is 0.444. The van der Waals surface area contributed by atoms with Crippen LogP contribution >= 0.6 is 0 Å². The van der Waals surface area contributed by atoms with Gasteiger partial charge in [-0.3, -0.25) is 4.98 Å². The van der Waals surface area contributed by atoms with Crippen molar-refractivity contribution in [3.05, 3.63) is 29.6 Å². The Morgan fingerprint density at radius 3 is 2.75 bits per heavy atom. The first-order chi connectivity index (χ1) is 5.74. The zero-order valence-electron chi connectivity index (χ0n) is 7.32. The number of methoxy groups -OCH3 is 1. The zero-order valence-corrected chi connectivity index (χ0v) is 7.32. The fourth-order valence-corrected chi connectivity index (χ4v) is 0.935. The Morgan fingerprint density at radius 1 is 1.58 bits per heavy atom. The smallest absolute Gasteiger partial charge is 0.0931 e. The standard InChI is InChI=1S/C9H13NO2/c1-7(11)9-4-3-8(5-10-9)6-12-2/h3-5,7,11H,6H2,1-2H3. The molecule has 0 spiro atoms. The maximum atomic E-state index is 9.15. The van der Waals surface area contributed by atoms with Crippen molar-refractivity contribution in [2.45, 2.75) is 19.6 Å². The number of hydrogen-bond donors (Lipinski definition) is 1. The van der Waals surface area contributed by atoms with E-state index in [0.717, 1.165) is 5.56 Å². The van der Waals surface area contributed by atoms with Crippen LogP contribution in [0.1, 0.15) is 24.3 Å². The number of aromatic nitrogens is 1. The second-order valence-electron chi connectivity index (χ2n) is 2.70. The summed E-state index contributed by atoms with van der Waals surface area (Å²) in [6.45, 7) is 2.26. The van der Waals surface area contributed by atoms with Gasteiger partial charge in [0.1, 0.15) is 0 Å². The second-order valence-corrected chi connectivity index (χ2v) is 2.70. The van der Waals surface area contributed by atoms with E-state index < -0.39 is 6.10 Å². The fourth-order valence-electron chi connectivity index (χ4n) is 0.935. The molecule has 3 heteroatoms. The molecule has 1 N–H and O–H groups in total. The van der Waals surface area contributed by atoms with Crippen molar-refractivity contribution in [3.8, 4) is 0 Å². The quantitative estimate of drug-likeness (QED) is 0.737. The van der Waals surface area contributed by atoms with Crippen LogP contribution in [0.4, 0.5) is 0 Å². The highest BCUT2D eigenvalue weighted by Gasteiger charge is 2.00. The molecule has 0 bridgehead atoms. The lowest BCUT2D eigenvalue weighted by Crippen LogP contribution is -1.96. The minimum absolute atomic E-state index is 0.499. The number of aliphatic hydroxyl groups is 1. The Labute approximate surface area is 72.0 Å². The number of hydrogen-bond acceptors (Lipinski definition) is 3. The molecule has 12 heavy (non-hydrogen) atoms. The van der Waals surface area contributed by atoms with E-state index in [4.69, 9.17) is 9.84 Å². The molecule has 1 heterocycles. The van der Waals surface area contributed by atoms with Crippen molar-refractivity contribution in [2.75, 3.05) is 7.11 Å². The first-order valence-corrected chi connectivity index (χ1v) is 3.86. The molecular weight excluding hydrogens is 154 g/mol. The number of rotatable bonds is 3. The van der Waals surface area contributed by atoms with Gasteiger partial charge in [-0.25, -0.2) is 0 Å². The van der Waals surface area contributed by atoms with Crippen LogP contribution in [0.25, 0.3) is 0 Å². The summed E-state index contributed by atoms with van der Waals surface area (Å²) in [5, 5.41) is 9.15. The molecule has 1 aromatic rings. The van der Waals surface area contributed by atoms with E-state index >= 15 is 0 Å². The number of nitrogens with zero attached hydrogens (tertiary/aromatic N) is 1. The molecule has 0 aromatic carbocycles. The summed E-state index contributed by atoms with van der Waals surface area (Å²) in [4.78, 5) is 4.07. The number of pyridine rings is 1. The van der Waals surface area contributed by atoms with Gasteiger partial charge in [0.25, 0.3) is 0 Å². The van der Waals surface area contributed by atoms with Crippen molar-refractivity contribution in [1.29, 1.82) is 0 Å². The summed E-state index contributed by atoms with van der Waals surface area (Å²) in [7, 11) is 1.64. The van der Waals surface area contributed by atoms with Gasteiger partial charge in [-0.15, -0.1) is 0 Å². The van der Waals surface area contributed by atoms with Crippen molar-refractivity contribution in [2.24, 2.45) is 0 Å². The normalized spacial score (nSPS) is 12.9. The minimum atomic E-state index is -0.499. The summed E-state index contributed by atoms with van der Waals surface area (Å²) in [6.07, 6.45) is 1.22. The Bertz CT molecular complexity index is 231. The lowest BCUT2D eigenvalue weighted by Gasteiger charge is -2.04. The van der Waals surface area contributed by atoms with E-state index in [0.29, 0.717) is 12.3 Å². The van der Waals surface area contributed by atoms with Gasteiger partial charge < -0.3 is 9.84 Å². The average molecular weight is 167 g/mol. The molecule has 1 rings (SSSR count). The summed E-state index contributed by atoms with van der Waals surface area (Å²) in [6, 6.07) is 3.71. The SMILES string of the molecule is COCc1ccc(C(C)O)nc1. The van der Waals surface area contributed by atoms with Gasteiger partial charge in [-0.2, -0.15) is 0 Å².